The summed E-state index contributed by atoms with van der Waals surface area (Å²) >= 11 is 1.26. The van der Waals surface area contributed by atoms with Gasteiger partial charge in [-0.2, -0.15) is 4.68 Å². The second-order valence-corrected chi connectivity index (χ2v) is 6.30. The Hall–Kier alpha value is -2.67. The van der Waals surface area contributed by atoms with Gasteiger partial charge in [-0.05, 0) is 37.6 Å². The molecule has 0 aliphatic rings. The van der Waals surface area contributed by atoms with Crippen molar-refractivity contribution in [1.29, 1.82) is 0 Å². The number of nitrogens with zero attached hydrogens (tertiary/aromatic N) is 4. The summed E-state index contributed by atoms with van der Waals surface area (Å²) < 4.78 is 15.4. The molecule has 0 saturated heterocycles. The van der Waals surface area contributed by atoms with Gasteiger partial charge in [-0.1, -0.05) is 17.3 Å². The fourth-order valence-corrected chi connectivity index (χ4v) is 3.83. The van der Waals surface area contributed by atoms with Crippen LogP contribution in [0.4, 0.5) is 4.39 Å². The molecule has 1 aromatic carbocycles. The molecule has 3 heterocycles. The molecule has 0 atom stereocenters. The van der Waals surface area contributed by atoms with Gasteiger partial charge in [0.1, 0.15) is 26.6 Å². The summed E-state index contributed by atoms with van der Waals surface area (Å²) in [5, 5.41) is 8.91. The molecule has 114 valence electrons. The number of aromatic nitrogens is 4. The summed E-state index contributed by atoms with van der Waals surface area (Å²) in [5.74, 6) is -0.519. The first-order valence-electron chi connectivity index (χ1n) is 6.97. The van der Waals surface area contributed by atoms with Gasteiger partial charge in [0.05, 0.1) is 0 Å². The van der Waals surface area contributed by atoms with Gasteiger partial charge in [0.25, 0.3) is 5.56 Å². The van der Waals surface area contributed by atoms with Crippen LogP contribution in [0.15, 0.2) is 35.1 Å². The molecule has 0 aliphatic heterocycles. The number of rotatable bonds is 1. The minimum atomic E-state index is -0.519. The Bertz CT molecular complexity index is 1130. The van der Waals surface area contributed by atoms with Crippen molar-refractivity contribution < 1.29 is 4.39 Å². The number of fused-ring (bicyclic) bond motifs is 3. The summed E-state index contributed by atoms with van der Waals surface area (Å²) in [5.41, 5.74) is 2.10. The van der Waals surface area contributed by atoms with Crippen molar-refractivity contribution in [3.05, 3.63) is 57.8 Å². The molecule has 23 heavy (non-hydrogen) atoms. The molecule has 0 bridgehead atoms. The summed E-state index contributed by atoms with van der Waals surface area (Å²) in [6.45, 7) is 3.85. The van der Waals surface area contributed by atoms with Crippen LogP contribution < -0.4 is 5.56 Å². The number of hydrogen-bond donors (Lipinski definition) is 0. The van der Waals surface area contributed by atoms with Crippen molar-refractivity contribution in [3.8, 4) is 5.69 Å². The average Bonchev–Trinajstić information content (AvgIpc) is 2.88. The Labute approximate surface area is 134 Å². The third-order valence-electron chi connectivity index (χ3n) is 3.66. The average molecular weight is 326 g/mol. The third-order valence-corrected chi connectivity index (χ3v) is 4.72. The molecule has 0 unspecified atom stereocenters. The Balaban J connectivity index is 2.11. The highest BCUT2D eigenvalue weighted by molar-refractivity contribution is 7.25. The van der Waals surface area contributed by atoms with Crippen LogP contribution in [0.1, 0.15) is 11.3 Å². The SMILES string of the molecule is Cc1cc(C)c2c(n1)sc1c(=O)n(-c3ccccc3F)nnc12. The lowest BCUT2D eigenvalue weighted by Gasteiger charge is -2.04. The van der Waals surface area contributed by atoms with E-state index in [0.717, 1.165) is 26.2 Å². The summed E-state index contributed by atoms with van der Waals surface area (Å²) in [4.78, 5) is 17.9. The zero-order chi connectivity index (χ0) is 16.1. The molecule has 4 aromatic rings. The lowest BCUT2D eigenvalue weighted by atomic mass is 10.1. The molecule has 0 fully saturated rings. The smallest absolute Gasteiger partial charge is 0.266 e. The van der Waals surface area contributed by atoms with Crippen LogP contribution >= 0.6 is 11.3 Å². The zero-order valence-corrected chi connectivity index (χ0v) is 13.2. The Morgan fingerprint density at radius 1 is 1.22 bits per heavy atom. The van der Waals surface area contributed by atoms with Crippen LogP contribution in [-0.4, -0.2) is 20.0 Å². The number of benzene rings is 1. The fraction of sp³-hybridized carbons (Fsp3) is 0.125. The molecular formula is C16H11FN4OS. The number of halogens is 1. The van der Waals surface area contributed by atoms with Crippen LogP contribution in [0.3, 0.4) is 0 Å². The topological polar surface area (TPSA) is 60.7 Å². The second kappa shape index (κ2) is 4.92. The van der Waals surface area contributed by atoms with E-state index in [2.05, 4.69) is 15.3 Å². The van der Waals surface area contributed by atoms with Crippen molar-refractivity contribution >= 4 is 31.8 Å². The van der Waals surface area contributed by atoms with Crippen LogP contribution in [-0.2, 0) is 0 Å². The summed E-state index contributed by atoms with van der Waals surface area (Å²) in [7, 11) is 0. The van der Waals surface area contributed by atoms with E-state index in [1.54, 1.807) is 12.1 Å². The molecule has 7 heteroatoms. The van der Waals surface area contributed by atoms with E-state index in [1.165, 1.54) is 23.5 Å². The molecule has 0 radical (unpaired) electrons. The summed E-state index contributed by atoms with van der Waals surface area (Å²) in [6, 6.07) is 7.94. The maximum atomic E-state index is 13.9. The standard InChI is InChI=1S/C16H11FN4OS/c1-8-7-9(2)18-15-12(8)13-14(23-15)16(22)21(20-19-13)11-6-4-3-5-10(11)17/h3-7H,1-2H3. The first-order chi connectivity index (χ1) is 11.1. The maximum Gasteiger partial charge on any atom is 0.292 e. The molecule has 0 amide bonds. The second-order valence-electron chi connectivity index (χ2n) is 5.30. The lowest BCUT2D eigenvalue weighted by Crippen LogP contribution is -2.22. The number of para-hydroxylation sites is 1. The van der Waals surface area contributed by atoms with Gasteiger partial charge in [-0.3, -0.25) is 4.79 Å². The van der Waals surface area contributed by atoms with Crippen LogP contribution in [0.25, 0.3) is 26.1 Å². The number of thiophene rings is 1. The van der Waals surface area contributed by atoms with Crippen LogP contribution in [0.5, 0.6) is 0 Å². The molecule has 0 spiro atoms. The zero-order valence-electron chi connectivity index (χ0n) is 12.4. The van der Waals surface area contributed by atoms with Crippen LogP contribution in [0, 0.1) is 19.7 Å². The van der Waals surface area contributed by atoms with Crippen molar-refractivity contribution in [2.45, 2.75) is 13.8 Å². The Kier molecular flexibility index (Phi) is 2.99. The maximum absolute atomic E-state index is 13.9. The molecule has 4 rings (SSSR count). The van der Waals surface area contributed by atoms with E-state index in [4.69, 9.17) is 0 Å². The van der Waals surface area contributed by atoms with E-state index in [1.807, 2.05) is 19.9 Å². The van der Waals surface area contributed by atoms with E-state index in [0.29, 0.717) is 10.2 Å². The van der Waals surface area contributed by atoms with Crippen LogP contribution in [0.2, 0.25) is 0 Å². The first kappa shape index (κ1) is 14.0. The number of aryl methyl sites for hydroxylation is 2. The predicted octanol–water partition coefficient (Wildman–Crippen LogP) is 3.15. The van der Waals surface area contributed by atoms with E-state index in [9.17, 15) is 9.18 Å². The van der Waals surface area contributed by atoms with Gasteiger partial charge in [-0.15, -0.1) is 16.4 Å². The van der Waals surface area contributed by atoms with E-state index < -0.39 is 5.82 Å². The monoisotopic (exact) mass is 326 g/mol. The van der Waals surface area contributed by atoms with Crippen molar-refractivity contribution in [2.75, 3.05) is 0 Å². The highest BCUT2D eigenvalue weighted by atomic mass is 32.1. The Morgan fingerprint density at radius 2 is 2.00 bits per heavy atom. The van der Waals surface area contributed by atoms with Gasteiger partial charge in [0.15, 0.2) is 0 Å². The van der Waals surface area contributed by atoms with Gasteiger partial charge in [0, 0.05) is 11.1 Å². The van der Waals surface area contributed by atoms with Gasteiger partial charge < -0.3 is 0 Å². The fourth-order valence-electron chi connectivity index (χ4n) is 2.67. The molecule has 0 saturated carbocycles. The Morgan fingerprint density at radius 3 is 2.78 bits per heavy atom. The first-order valence-corrected chi connectivity index (χ1v) is 7.79. The largest absolute Gasteiger partial charge is 0.292 e. The quantitative estimate of drug-likeness (QED) is 0.539. The highest BCUT2D eigenvalue weighted by Crippen LogP contribution is 2.31. The third kappa shape index (κ3) is 2.04. The van der Waals surface area contributed by atoms with Crippen molar-refractivity contribution in [3.63, 3.8) is 0 Å². The molecule has 3 aromatic heterocycles. The van der Waals surface area contributed by atoms with Gasteiger partial charge in [0.2, 0.25) is 0 Å². The van der Waals surface area contributed by atoms with E-state index >= 15 is 0 Å². The predicted molar refractivity (Wildman–Crippen MR) is 87.7 cm³/mol. The number of hydrogen-bond acceptors (Lipinski definition) is 5. The highest BCUT2D eigenvalue weighted by Gasteiger charge is 2.17. The number of pyridine rings is 1. The van der Waals surface area contributed by atoms with E-state index in [-0.39, 0.29) is 11.2 Å². The lowest BCUT2D eigenvalue weighted by molar-refractivity contribution is 0.599. The molecule has 5 nitrogen and oxygen atoms in total. The molecule has 0 aliphatic carbocycles. The van der Waals surface area contributed by atoms with Gasteiger partial charge >= 0.3 is 0 Å². The minimum Gasteiger partial charge on any atom is -0.266 e. The minimum absolute atomic E-state index is 0.0882. The normalized spacial score (nSPS) is 11.4. The molecule has 0 N–H and O–H groups in total. The van der Waals surface area contributed by atoms with Gasteiger partial charge in [-0.25, -0.2) is 9.37 Å². The molecular weight excluding hydrogens is 315 g/mol. The van der Waals surface area contributed by atoms with Crippen molar-refractivity contribution in [2.24, 2.45) is 0 Å². The van der Waals surface area contributed by atoms with Crippen molar-refractivity contribution in [1.82, 2.24) is 20.0 Å². The summed E-state index contributed by atoms with van der Waals surface area (Å²) in [6.07, 6.45) is 0.